The predicted octanol–water partition coefficient (Wildman–Crippen LogP) is 5.42. The minimum atomic E-state index is -5.34. The number of ether oxygens (including phenoxy) is 1. The zero-order valence-corrected chi connectivity index (χ0v) is 19.5. The number of rotatable bonds is 8. The van der Waals surface area contributed by atoms with Crippen molar-refractivity contribution in [1.29, 1.82) is 0 Å². The van der Waals surface area contributed by atoms with Gasteiger partial charge in [0.1, 0.15) is 0 Å². The van der Waals surface area contributed by atoms with Crippen LogP contribution in [0, 0.1) is 5.92 Å². The Hall–Kier alpha value is -2.65. The first-order valence-corrected chi connectivity index (χ1v) is 11.8. The molecule has 5 nitrogen and oxygen atoms in total. The van der Waals surface area contributed by atoms with Crippen LogP contribution in [0.1, 0.15) is 41.6 Å². The number of hydrogen-bond donors (Lipinski definition) is 1. The highest BCUT2D eigenvalue weighted by molar-refractivity contribution is 6.33. The zero-order chi connectivity index (χ0) is 25.3. The number of piperidine rings is 1. The molecule has 2 saturated heterocycles. The van der Waals surface area contributed by atoms with E-state index in [2.05, 4.69) is 15.0 Å². The molecule has 0 aliphatic carbocycles. The number of halogens is 5. The van der Waals surface area contributed by atoms with E-state index in [0.717, 1.165) is 38.0 Å². The molecule has 0 saturated carbocycles. The summed E-state index contributed by atoms with van der Waals surface area (Å²) in [6.45, 7) is 1.72. The van der Waals surface area contributed by atoms with Gasteiger partial charge in [0.15, 0.2) is 6.29 Å². The molecule has 2 aliphatic rings. The second kappa shape index (κ2) is 9.78. The number of carbonyl (C=O) groups is 2. The van der Waals surface area contributed by atoms with E-state index in [-0.39, 0.29) is 12.1 Å². The van der Waals surface area contributed by atoms with Gasteiger partial charge in [-0.1, -0.05) is 41.9 Å². The molecule has 2 fully saturated rings. The Morgan fingerprint density at radius 2 is 1.86 bits per heavy atom. The van der Waals surface area contributed by atoms with E-state index in [4.69, 9.17) is 11.6 Å². The van der Waals surface area contributed by atoms with Crippen molar-refractivity contribution in [3.05, 3.63) is 64.7 Å². The number of nitrogens with one attached hydrogen (secondary N) is 1. The Bertz CT molecular complexity index is 1080. The fourth-order valence-electron chi connectivity index (χ4n) is 4.69. The monoisotopic (exact) mass is 512 g/mol. The third-order valence-corrected chi connectivity index (χ3v) is 7.06. The molecule has 0 bridgehead atoms. The van der Waals surface area contributed by atoms with Gasteiger partial charge in [-0.25, -0.2) is 0 Å². The Morgan fingerprint density at radius 1 is 1.17 bits per heavy atom. The number of nitrogens with zero attached hydrogens (tertiary/aromatic N) is 1. The maximum absolute atomic E-state index is 14.7. The molecule has 0 spiro atoms. The number of alkyl halides is 4. The molecule has 1 amide bonds. The smallest absolute Gasteiger partial charge is 0.371 e. The largest absolute Gasteiger partial charge is 0.452 e. The fourth-order valence-corrected chi connectivity index (χ4v) is 4.91. The Labute approximate surface area is 205 Å². The highest BCUT2D eigenvalue weighted by atomic mass is 35.5. The van der Waals surface area contributed by atoms with Gasteiger partial charge in [0.25, 0.3) is 5.91 Å². The van der Waals surface area contributed by atoms with Gasteiger partial charge in [-0.05, 0) is 55.4 Å². The van der Waals surface area contributed by atoms with Crippen LogP contribution in [0.25, 0.3) is 0 Å². The van der Waals surface area contributed by atoms with E-state index in [1.165, 1.54) is 24.3 Å². The van der Waals surface area contributed by atoms with E-state index >= 15 is 0 Å². The number of amides is 1. The SMILES string of the molecule is O=Cc1ccc(N2CCC(CCCNC(=O)C3(c4ccccc4)OC3(F)C(F)(F)F)CC2)cc1Cl. The van der Waals surface area contributed by atoms with Crippen LogP contribution in [0.3, 0.4) is 0 Å². The van der Waals surface area contributed by atoms with Gasteiger partial charge in [0.2, 0.25) is 5.60 Å². The van der Waals surface area contributed by atoms with Gasteiger partial charge in [-0.15, -0.1) is 0 Å². The summed E-state index contributed by atoms with van der Waals surface area (Å²) in [6.07, 6.45) is -1.50. The van der Waals surface area contributed by atoms with Gasteiger partial charge in [0.05, 0.1) is 5.02 Å². The highest BCUT2D eigenvalue weighted by Gasteiger charge is 2.89. The van der Waals surface area contributed by atoms with E-state index < -0.39 is 23.5 Å². The maximum atomic E-state index is 14.7. The van der Waals surface area contributed by atoms with Crippen molar-refractivity contribution in [2.75, 3.05) is 24.5 Å². The predicted molar refractivity (Wildman–Crippen MR) is 123 cm³/mol. The standard InChI is InChI=1S/C25H25ClF4N2O3/c26-21-15-20(9-8-18(21)16-33)32-13-10-17(11-14-32)5-4-12-31-22(34)23(19-6-2-1-3-7-19)24(27,35-23)25(28,29)30/h1-3,6-9,15-17H,4-5,10-14H2,(H,31,34). The Kier molecular flexibility index (Phi) is 7.11. The van der Waals surface area contributed by atoms with Crippen LogP contribution in [0.2, 0.25) is 5.02 Å². The van der Waals surface area contributed by atoms with Crippen LogP contribution in [0.15, 0.2) is 48.5 Å². The molecule has 2 aliphatic heterocycles. The lowest BCUT2D eigenvalue weighted by molar-refractivity contribution is -0.226. The molecule has 2 heterocycles. The topological polar surface area (TPSA) is 61.9 Å². The molecule has 2 aromatic rings. The molecule has 2 aromatic carbocycles. The van der Waals surface area contributed by atoms with Crippen molar-refractivity contribution < 1.29 is 31.9 Å². The van der Waals surface area contributed by atoms with Crippen LogP contribution in [0.5, 0.6) is 0 Å². The molecule has 4 rings (SSSR count). The first kappa shape index (κ1) is 25.4. The van der Waals surface area contributed by atoms with E-state index in [1.807, 2.05) is 6.07 Å². The van der Waals surface area contributed by atoms with Crippen LogP contribution in [0.4, 0.5) is 23.2 Å². The second-order valence-electron chi connectivity index (χ2n) is 8.89. The minimum Gasteiger partial charge on any atom is -0.371 e. The summed E-state index contributed by atoms with van der Waals surface area (Å²) in [5.74, 6) is -4.79. The van der Waals surface area contributed by atoms with Gasteiger partial charge in [-0.3, -0.25) is 9.59 Å². The van der Waals surface area contributed by atoms with Crippen molar-refractivity contribution in [3.63, 3.8) is 0 Å². The Balaban J connectivity index is 1.27. The molecule has 0 aromatic heterocycles. The molecule has 10 heteroatoms. The normalized spacial score (nSPS) is 24.8. The van der Waals surface area contributed by atoms with Crippen molar-refractivity contribution in [2.45, 2.75) is 43.3 Å². The van der Waals surface area contributed by atoms with Crippen LogP contribution in [-0.2, 0) is 15.1 Å². The second-order valence-corrected chi connectivity index (χ2v) is 9.30. The van der Waals surface area contributed by atoms with Gasteiger partial charge in [-0.2, -0.15) is 17.6 Å². The van der Waals surface area contributed by atoms with Gasteiger partial charge < -0.3 is 15.0 Å². The molecule has 2 unspecified atom stereocenters. The van der Waals surface area contributed by atoms with Crippen molar-refractivity contribution >= 4 is 29.5 Å². The van der Waals surface area contributed by atoms with Gasteiger partial charge in [0, 0.05) is 30.9 Å². The number of hydrogen-bond acceptors (Lipinski definition) is 4. The van der Waals surface area contributed by atoms with E-state index in [1.54, 1.807) is 18.2 Å². The summed E-state index contributed by atoms with van der Waals surface area (Å²) in [5, 5.41) is 2.85. The number of aldehydes is 1. The third kappa shape index (κ3) is 4.76. The summed E-state index contributed by atoms with van der Waals surface area (Å²) in [6, 6.07) is 12.2. The zero-order valence-electron chi connectivity index (χ0n) is 18.8. The number of epoxide rings is 1. The molecule has 35 heavy (non-hydrogen) atoms. The Morgan fingerprint density at radius 3 is 2.43 bits per heavy atom. The molecule has 0 radical (unpaired) electrons. The molecule has 1 N–H and O–H groups in total. The summed E-state index contributed by atoms with van der Waals surface area (Å²) < 4.78 is 59.1. The first-order valence-electron chi connectivity index (χ1n) is 11.4. The highest BCUT2D eigenvalue weighted by Crippen LogP contribution is 2.64. The average Bonchev–Trinajstić information content (AvgIpc) is 3.51. The van der Waals surface area contributed by atoms with Crippen LogP contribution in [-0.4, -0.2) is 43.9 Å². The number of carbonyl (C=O) groups excluding carboxylic acids is 2. The van der Waals surface area contributed by atoms with Crippen LogP contribution < -0.4 is 10.2 Å². The lowest BCUT2D eigenvalue weighted by atomic mass is 9.91. The minimum absolute atomic E-state index is 0.119. The van der Waals surface area contributed by atoms with Crippen molar-refractivity contribution in [3.8, 4) is 0 Å². The summed E-state index contributed by atoms with van der Waals surface area (Å²) >= 11 is 6.12. The first-order chi connectivity index (χ1) is 16.6. The fraction of sp³-hybridized carbons (Fsp3) is 0.440. The molecule has 2 atom stereocenters. The van der Waals surface area contributed by atoms with E-state index in [0.29, 0.717) is 29.2 Å². The number of benzene rings is 2. The van der Waals surface area contributed by atoms with Crippen LogP contribution >= 0.6 is 11.6 Å². The lowest BCUT2D eigenvalue weighted by Crippen LogP contribution is -2.45. The van der Waals surface area contributed by atoms with Crippen molar-refractivity contribution in [1.82, 2.24) is 5.32 Å². The summed E-state index contributed by atoms with van der Waals surface area (Å²) in [4.78, 5) is 25.8. The molecular weight excluding hydrogens is 488 g/mol. The summed E-state index contributed by atoms with van der Waals surface area (Å²) in [7, 11) is 0. The average molecular weight is 513 g/mol. The van der Waals surface area contributed by atoms with Gasteiger partial charge >= 0.3 is 12.0 Å². The number of anilines is 1. The quantitative estimate of drug-likeness (QED) is 0.222. The third-order valence-electron chi connectivity index (χ3n) is 6.73. The molecular formula is C25H25ClF4N2O3. The molecule has 188 valence electrons. The summed E-state index contributed by atoms with van der Waals surface area (Å²) in [5.41, 5.74) is -1.51. The maximum Gasteiger partial charge on any atom is 0.452 e. The lowest BCUT2D eigenvalue weighted by Gasteiger charge is -2.34. The van der Waals surface area contributed by atoms with Crippen molar-refractivity contribution in [2.24, 2.45) is 5.92 Å². The van der Waals surface area contributed by atoms with E-state index in [9.17, 15) is 27.2 Å².